The average Bonchev–Trinajstić information content (AvgIpc) is 3.38. The molecule has 35 heavy (non-hydrogen) atoms. The van der Waals surface area contributed by atoms with Crippen molar-refractivity contribution in [2.75, 3.05) is 51.8 Å². The van der Waals surface area contributed by atoms with Crippen molar-refractivity contribution in [1.82, 2.24) is 14.0 Å². The molecule has 0 amide bonds. The number of esters is 1. The first kappa shape index (κ1) is 25.0. The van der Waals surface area contributed by atoms with Gasteiger partial charge >= 0.3 is 11.7 Å². The number of hydrogen-bond acceptors (Lipinski definition) is 8. The number of rotatable bonds is 10. The minimum Gasteiger partial charge on any atom is -0.495 e. The highest BCUT2D eigenvalue weighted by Crippen LogP contribution is 2.28. The minimum absolute atomic E-state index is 0.0837. The Labute approximate surface area is 208 Å². The molecule has 188 valence electrons. The standard InChI is InChI=1S/C25H32N4O5S/c1-33-22-8-4-3-7-20(22)27-15-13-26(14-16-27)10-5-6-11-29-24(31)19-17-35-18-21(19)28(25(29)32)12-9-23(30)34-2/h3-4,7-8,17-18H,5-6,9-16H2,1-2H3. The summed E-state index contributed by atoms with van der Waals surface area (Å²) < 4.78 is 13.0. The number of benzene rings is 1. The van der Waals surface area contributed by atoms with Crippen molar-refractivity contribution in [1.29, 1.82) is 0 Å². The second-order valence-corrected chi connectivity index (χ2v) is 9.34. The van der Waals surface area contributed by atoms with Crippen molar-refractivity contribution in [3.63, 3.8) is 0 Å². The van der Waals surface area contributed by atoms with Gasteiger partial charge in [0.25, 0.3) is 5.56 Å². The molecule has 0 spiro atoms. The van der Waals surface area contributed by atoms with Crippen molar-refractivity contribution in [2.24, 2.45) is 0 Å². The molecule has 3 aromatic rings. The number of carbonyl (C=O) groups excluding carboxylic acids is 1. The number of methoxy groups -OCH3 is 2. The largest absolute Gasteiger partial charge is 0.495 e. The van der Waals surface area contributed by atoms with Crippen LogP contribution in [0.25, 0.3) is 10.9 Å². The van der Waals surface area contributed by atoms with Gasteiger partial charge in [-0.2, -0.15) is 0 Å². The maximum atomic E-state index is 13.1. The van der Waals surface area contributed by atoms with Gasteiger partial charge in [-0.3, -0.25) is 23.6 Å². The van der Waals surface area contributed by atoms with E-state index < -0.39 is 0 Å². The molecule has 1 fully saturated rings. The number of para-hydroxylation sites is 2. The fraction of sp³-hybridized carbons (Fsp3) is 0.480. The summed E-state index contributed by atoms with van der Waals surface area (Å²) in [5.74, 6) is 0.509. The molecule has 0 N–H and O–H groups in total. The summed E-state index contributed by atoms with van der Waals surface area (Å²) in [6, 6.07) is 8.09. The molecular weight excluding hydrogens is 468 g/mol. The Morgan fingerprint density at radius 3 is 2.43 bits per heavy atom. The minimum atomic E-state index is -0.385. The number of anilines is 1. The van der Waals surface area contributed by atoms with Gasteiger partial charge in [0.15, 0.2) is 0 Å². The SMILES string of the molecule is COC(=O)CCn1c(=O)n(CCCCN2CCN(c3ccccc3OC)CC2)c(=O)c2cscc21. The van der Waals surface area contributed by atoms with Crippen LogP contribution in [0.2, 0.25) is 0 Å². The lowest BCUT2D eigenvalue weighted by molar-refractivity contribution is -0.140. The molecule has 0 saturated carbocycles. The molecule has 10 heteroatoms. The quantitative estimate of drug-likeness (QED) is 0.312. The summed E-state index contributed by atoms with van der Waals surface area (Å²) >= 11 is 1.38. The Morgan fingerprint density at radius 1 is 0.943 bits per heavy atom. The predicted molar refractivity (Wildman–Crippen MR) is 138 cm³/mol. The van der Waals surface area contributed by atoms with E-state index in [2.05, 4.69) is 15.9 Å². The monoisotopic (exact) mass is 500 g/mol. The highest BCUT2D eigenvalue weighted by atomic mass is 32.1. The van der Waals surface area contributed by atoms with Gasteiger partial charge in [0.1, 0.15) is 5.75 Å². The van der Waals surface area contributed by atoms with Gasteiger partial charge in [-0.15, -0.1) is 11.3 Å². The molecule has 2 aromatic heterocycles. The van der Waals surface area contributed by atoms with Crippen LogP contribution >= 0.6 is 11.3 Å². The molecule has 1 aliphatic heterocycles. The first-order valence-electron chi connectivity index (χ1n) is 11.9. The first-order valence-corrected chi connectivity index (χ1v) is 12.8. The number of nitrogens with zero attached hydrogens (tertiary/aromatic N) is 4. The molecule has 3 heterocycles. The number of aromatic nitrogens is 2. The predicted octanol–water partition coefficient (Wildman–Crippen LogP) is 2.40. The second kappa shape index (κ2) is 11.5. The van der Waals surface area contributed by atoms with Crippen molar-refractivity contribution < 1.29 is 14.3 Å². The Bertz CT molecular complexity index is 1270. The highest BCUT2D eigenvalue weighted by molar-refractivity contribution is 7.09. The summed E-state index contributed by atoms with van der Waals surface area (Å²) in [4.78, 5) is 42.4. The zero-order valence-electron chi connectivity index (χ0n) is 20.3. The van der Waals surface area contributed by atoms with E-state index in [-0.39, 0.29) is 30.2 Å². The zero-order chi connectivity index (χ0) is 24.8. The van der Waals surface area contributed by atoms with Crippen LogP contribution in [0.3, 0.4) is 0 Å². The Kier molecular flexibility index (Phi) is 8.25. The third kappa shape index (κ3) is 5.59. The van der Waals surface area contributed by atoms with Crippen molar-refractivity contribution in [3.05, 3.63) is 55.9 Å². The molecule has 0 aliphatic carbocycles. The van der Waals surface area contributed by atoms with Crippen LogP contribution in [0, 0.1) is 0 Å². The van der Waals surface area contributed by atoms with Crippen LogP contribution in [-0.4, -0.2) is 66.9 Å². The number of carbonyl (C=O) groups is 1. The lowest BCUT2D eigenvalue weighted by Gasteiger charge is -2.36. The number of unbranched alkanes of at least 4 members (excludes halogenated alkanes) is 1. The fourth-order valence-electron chi connectivity index (χ4n) is 4.57. The highest BCUT2D eigenvalue weighted by Gasteiger charge is 2.19. The third-order valence-electron chi connectivity index (χ3n) is 6.54. The Hall–Kier alpha value is -3.11. The van der Waals surface area contributed by atoms with Gasteiger partial charge < -0.3 is 14.4 Å². The smallest absolute Gasteiger partial charge is 0.331 e. The van der Waals surface area contributed by atoms with Crippen LogP contribution in [0.5, 0.6) is 5.75 Å². The molecule has 1 aromatic carbocycles. The molecular formula is C25H32N4O5S. The number of ether oxygens (including phenoxy) is 2. The topological polar surface area (TPSA) is 86.0 Å². The van der Waals surface area contributed by atoms with Crippen LogP contribution in [0.4, 0.5) is 5.69 Å². The molecule has 0 atom stereocenters. The Balaban J connectivity index is 1.33. The van der Waals surface area contributed by atoms with Crippen LogP contribution in [0.15, 0.2) is 44.6 Å². The van der Waals surface area contributed by atoms with Gasteiger partial charge in [-0.25, -0.2) is 4.79 Å². The normalized spacial score (nSPS) is 14.4. The average molecular weight is 501 g/mol. The van der Waals surface area contributed by atoms with E-state index in [1.165, 1.54) is 27.6 Å². The summed E-state index contributed by atoms with van der Waals surface area (Å²) in [5, 5.41) is 4.07. The maximum absolute atomic E-state index is 13.1. The van der Waals surface area contributed by atoms with Gasteiger partial charge in [0.2, 0.25) is 0 Å². The molecule has 4 rings (SSSR count). The van der Waals surface area contributed by atoms with E-state index in [1.807, 2.05) is 18.2 Å². The third-order valence-corrected chi connectivity index (χ3v) is 7.27. The van der Waals surface area contributed by atoms with Crippen LogP contribution in [-0.2, 0) is 22.6 Å². The number of thiophene rings is 1. The molecule has 9 nitrogen and oxygen atoms in total. The fourth-order valence-corrected chi connectivity index (χ4v) is 5.38. The van der Waals surface area contributed by atoms with Crippen molar-refractivity contribution in [3.8, 4) is 5.75 Å². The number of aryl methyl sites for hydroxylation is 1. The summed E-state index contributed by atoms with van der Waals surface area (Å²) in [7, 11) is 3.02. The van der Waals surface area contributed by atoms with E-state index in [1.54, 1.807) is 17.9 Å². The number of fused-ring (bicyclic) bond motifs is 1. The zero-order valence-corrected chi connectivity index (χ0v) is 21.1. The number of hydrogen-bond donors (Lipinski definition) is 0. The summed E-state index contributed by atoms with van der Waals surface area (Å²) in [6.45, 7) is 5.25. The van der Waals surface area contributed by atoms with Gasteiger partial charge in [0, 0.05) is 50.0 Å². The van der Waals surface area contributed by atoms with Crippen molar-refractivity contribution in [2.45, 2.75) is 32.4 Å². The molecule has 0 unspecified atom stereocenters. The van der Waals surface area contributed by atoms with E-state index in [0.717, 1.165) is 57.0 Å². The van der Waals surface area contributed by atoms with E-state index in [0.29, 0.717) is 17.4 Å². The molecule has 1 aliphatic rings. The van der Waals surface area contributed by atoms with Crippen molar-refractivity contribution >= 4 is 33.9 Å². The van der Waals surface area contributed by atoms with E-state index in [9.17, 15) is 14.4 Å². The van der Waals surface area contributed by atoms with Crippen LogP contribution in [0.1, 0.15) is 19.3 Å². The van der Waals surface area contributed by atoms with Crippen LogP contribution < -0.4 is 20.9 Å². The lowest BCUT2D eigenvalue weighted by atomic mass is 10.2. The number of piperazine rings is 1. The second-order valence-electron chi connectivity index (χ2n) is 8.60. The molecule has 1 saturated heterocycles. The van der Waals surface area contributed by atoms with Gasteiger partial charge in [-0.1, -0.05) is 12.1 Å². The summed E-state index contributed by atoms with van der Waals surface area (Å²) in [6.07, 6.45) is 1.71. The van der Waals surface area contributed by atoms with Gasteiger partial charge in [0.05, 0.1) is 37.2 Å². The first-order chi connectivity index (χ1) is 17.0. The van der Waals surface area contributed by atoms with E-state index in [4.69, 9.17) is 9.47 Å². The lowest BCUT2D eigenvalue weighted by Crippen LogP contribution is -2.46. The Morgan fingerprint density at radius 2 is 1.69 bits per heavy atom. The summed E-state index contributed by atoms with van der Waals surface area (Å²) in [5.41, 5.74) is 1.08. The molecule has 0 radical (unpaired) electrons. The molecule has 0 bridgehead atoms. The van der Waals surface area contributed by atoms with E-state index >= 15 is 0 Å². The van der Waals surface area contributed by atoms with Gasteiger partial charge in [-0.05, 0) is 31.5 Å². The maximum Gasteiger partial charge on any atom is 0.331 e.